The van der Waals surface area contributed by atoms with Crippen molar-refractivity contribution in [2.24, 2.45) is 0 Å². The summed E-state index contributed by atoms with van der Waals surface area (Å²) in [6, 6.07) is 16.1. The SMILES string of the molecule is CCOCCOC(=O)C1=C(C)NC2=C(C(=O)CC(c3ccc(OC)cc3)C2)C1c1ccc(N(CC)CC)cc1. The number of nitrogens with one attached hydrogen (secondary N) is 1. The predicted molar refractivity (Wildman–Crippen MR) is 153 cm³/mol. The van der Waals surface area contributed by atoms with Gasteiger partial charge >= 0.3 is 5.97 Å². The average Bonchev–Trinajstić information content (AvgIpc) is 2.95. The number of carbonyl (C=O) groups excluding carboxylic acids is 2. The number of ketones is 1. The lowest BCUT2D eigenvalue weighted by atomic mass is 9.71. The van der Waals surface area contributed by atoms with Gasteiger partial charge in [-0.25, -0.2) is 4.79 Å². The summed E-state index contributed by atoms with van der Waals surface area (Å²) in [5, 5.41) is 3.42. The van der Waals surface area contributed by atoms with Crippen molar-refractivity contribution in [3.8, 4) is 5.75 Å². The van der Waals surface area contributed by atoms with E-state index < -0.39 is 11.9 Å². The number of allylic oxidation sites excluding steroid dienone is 3. The summed E-state index contributed by atoms with van der Waals surface area (Å²) in [7, 11) is 1.64. The lowest BCUT2D eigenvalue weighted by molar-refractivity contribution is -0.140. The van der Waals surface area contributed by atoms with Gasteiger partial charge in [-0.15, -0.1) is 0 Å². The maximum Gasteiger partial charge on any atom is 0.336 e. The van der Waals surface area contributed by atoms with Gasteiger partial charge in [-0.05, 0) is 75.4 Å². The average molecular weight is 533 g/mol. The number of methoxy groups -OCH3 is 1. The highest BCUT2D eigenvalue weighted by atomic mass is 16.6. The van der Waals surface area contributed by atoms with E-state index in [1.807, 2.05) is 50.2 Å². The Kier molecular flexibility index (Phi) is 9.46. The molecule has 2 aliphatic rings. The third kappa shape index (κ3) is 6.19. The van der Waals surface area contributed by atoms with Gasteiger partial charge < -0.3 is 24.4 Å². The molecular weight excluding hydrogens is 492 g/mol. The van der Waals surface area contributed by atoms with Gasteiger partial charge in [0, 0.05) is 54.7 Å². The molecule has 39 heavy (non-hydrogen) atoms. The fourth-order valence-electron chi connectivity index (χ4n) is 5.64. The van der Waals surface area contributed by atoms with E-state index in [-0.39, 0.29) is 18.3 Å². The van der Waals surface area contributed by atoms with Gasteiger partial charge in [0.15, 0.2) is 5.78 Å². The van der Waals surface area contributed by atoms with E-state index in [2.05, 4.69) is 36.2 Å². The van der Waals surface area contributed by atoms with Crippen LogP contribution in [0.3, 0.4) is 0 Å². The summed E-state index contributed by atoms with van der Waals surface area (Å²) in [6.07, 6.45) is 1.07. The van der Waals surface area contributed by atoms with Gasteiger partial charge in [0.25, 0.3) is 0 Å². The predicted octanol–water partition coefficient (Wildman–Crippen LogP) is 5.48. The van der Waals surface area contributed by atoms with Crippen LogP contribution in [0.15, 0.2) is 71.1 Å². The smallest absolute Gasteiger partial charge is 0.336 e. The van der Waals surface area contributed by atoms with E-state index in [1.165, 1.54) is 0 Å². The molecule has 0 saturated heterocycles. The highest BCUT2D eigenvalue weighted by molar-refractivity contribution is 6.04. The summed E-state index contributed by atoms with van der Waals surface area (Å²) in [6.45, 7) is 10.9. The second-order valence-electron chi connectivity index (χ2n) is 9.89. The summed E-state index contributed by atoms with van der Waals surface area (Å²) < 4.78 is 16.3. The number of ether oxygens (including phenoxy) is 3. The Hall–Kier alpha value is -3.58. The van der Waals surface area contributed by atoms with Crippen LogP contribution in [0.25, 0.3) is 0 Å². The molecule has 2 atom stereocenters. The van der Waals surface area contributed by atoms with Crippen LogP contribution in [0.4, 0.5) is 5.69 Å². The molecule has 0 bridgehead atoms. The summed E-state index contributed by atoms with van der Waals surface area (Å²) in [5.74, 6) is -0.0246. The Labute approximate surface area is 231 Å². The van der Waals surface area contributed by atoms with Crippen molar-refractivity contribution >= 4 is 17.4 Å². The normalized spacial score (nSPS) is 18.9. The minimum atomic E-state index is -0.490. The fourth-order valence-corrected chi connectivity index (χ4v) is 5.64. The molecule has 0 radical (unpaired) electrons. The van der Waals surface area contributed by atoms with E-state index in [4.69, 9.17) is 14.2 Å². The van der Waals surface area contributed by atoms with Crippen molar-refractivity contribution in [3.63, 3.8) is 0 Å². The van der Waals surface area contributed by atoms with Crippen LogP contribution in [0.1, 0.15) is 63.5 Å². The minimum Gasteiger partial charge on any atom is -0.497 e. The number of carbonyl (C=O) groups is 2. The Morgan fingerprint density at radius 2 is 1.62 bits per heavy atom. The van der Waals surface area contributed by atoms with E-state index in [9.17, 15) is 9.59 Å². The number of dihydropyridines is 1. The topological polar surface area (TPSA) is 77.1 Å². The van der Waals surface area contributed by atoms with Gasteiger partial charge in [-0.1, -0.05) is 24.3 Å². The first-order valence-corrected chi connectivity index (χ1v) is 13.9. The number of rotatable bonds is 11. The standard InChI is InChI=1S/C32H40N2O5/c1-6-34(7-2)25-13-9-23(10-14-25)30-29(32(36)39-18-17-38-8-3)21(4)33-27-19-24(20-28(35)31(27)30)22-11-15-26(37-5)16-12-22/h9-16,24,30,33H,6-8,17-20H2,1-5H3. The van der Waals surface area contributed by atoms with Crippen LogP contribution in [0.2, 0.25) is 0 Å². The molecule has 2 aromatic carbocycles. The number of benzene rings is 2. The summed E-state index contributed by atoms with van der Waals surface area (Å²) in [4.78, 5) is 29.5. The molecule has 208 valence electrons. The number of Topliss-reactive ketones (excluding diaryl/α,β-unsaturated/α-hetero) is 1. The van der Waals surface area contributed by atoms with Crippen LogP contribution >= 0.6 is 0 Å². The summed E-state index contributed by atoms with van der Waals surface area (Å²) in [5.41, 5.74) is 5.87. The second kappa shape index (κ2) is 13.0. The Balaban J connectivity index is 1.70. The summed E-state index contributed by atoms with van der Waals surface area (Å²) >= 11 is 0. The molecule has 1 aliphatic heterocycles. The van der Waals surface area contributed by atoms with Crippen LogP contribution < -0.4 is 15.0 Å². The third-order valence-electron chi connectivity index (χ3n) is 7.65. The number of nitrogens with zero attached hydrogens (tertiary/aromatic N) is 1. The van der Waals surface area contributed by atoms with Gasteiger partial charge in [-0.3, -0.25) is 4.79 Å². The zero-order chi connectivity index (χ0) is 27.9. The molecule has 2 aromatic rings. The molecule has 7 heteroatoms. The van der Waals surface area contributed by atoms with Crippen LogP contribution in [-0.4, -0.2) is 51.8 Å². The molecule has 0 aromatic heterocycles. The highest BCUT2D eigenvalue weighted by Crippen LogP contribution is 2.46. The monoisotopic (exact) mass is 532 g/mol. The molecule has 0 saturated carbocycles. The molecule has 0 fully saturated rings. The Morgan fingerprint density at radius 1 is 0.949 bits per heavy atom. The van der Waals surface area contributed by atoms with E-state index in [0.717, 1.165) is 47.0 Å². The number of hydrogen-bond acceptors (Lipinski definition) is 7. The lowest BCUT2D eigenvalue weighted by Gasteiger charge is -2.37. The van der Waals surface area contributed by atoms with Gasteiger partial charge in [-0.2, -0.15) is 0 Å². The third-order valence-corrected chi connectivity index (χ3v) is 7.65. The molecular formula is C32H40N2O5. The molecule has 2 unspecified atom stereocenters. The first-order chi connectivity index (χ1) is 18.9. The molecule has 1 aliphatic carbocycles. The lowest BCUT2D eigenvalue weighted by Crippen LogP contribution is -2.36. The van der Waals surface area contributed by atoms with Crippen molar-refractivity contribution in [1.29, 1.82) is 0 Å². The zero-order valence-electron chi connectivity index (χ0n) is 23.7. The Morgan fingerprint density at radius 3 is 2.23 bits per heavy atom. The van der Waals surface area contributed by atoms with Crippen molar-refractivity contribution in [2.75, 3.05) is 44.9 Å². The second-order valence-corrected chi connectivity index (χ2v) is 9.89. The van der Waals surface area contributed by atoms with Gasteiger partial charge in [0.2, 0.25) is 0 Å². The minimum absolute atomic E-state index is 0.0489. The van der Waals surface area contributed by atoms with Crippen molar-refractivity contribution in [3.05, 3.63) is 82.2 Å². The molecule has 0 spiro atoms. The largest absolute Gasteiger partial charge is 0.497 e. The fraction of sp³-hybridized carbons (Fsp3) is 0.438. The maximum atomic E-state index is 13.8. The first kappa shape index (κ1) is 28.4. The molecule has 7 nitrogen and oxygen atoms in total. The number of esters is 1. The highest BCUT2D eigenvalue weighted by Gasteiger charge is 2.41. The Bertz CT molecular complexity index is 1230. The van der Waals surface area contributed by atoms with Crippen LogP contribution in [0, 0.1) is 0 Å². The maximum absolute atomic E-state index is 13.8. The van der Waals surface area contributed by atoms with Crippen molar-refractivity contribution in [1.82, 2.24) is 5.32 Å². The number of hydrogen-bond donors (Lipinski definition) is 1. The van der Waals surface area contributed by atoms with Crippen molar-refractivity contribution in [2.45, 2.75) is 52.4 Å². The first-order valence-electron chi connectivity index (χ1n) is 13.9. The van der Waals surface area contributed by atoms with E-state index >= 15 is 0 Å². The van der Waals surface area contributed by atoms with E-state index in [0.29, 0.717) is 37.2 Å². The molecule has 4 rings (SSSR count). The molecule has 1 heterocycles. The number of anilines is 1. The molecule has 0 amide bonds. The quantitative estimate of drug-likeness (QED) is 0.303. The van der Waals surface area contributed by atoms with Crippen LogP contribution in [0.5, 0.6) is 5.75 Å². The molecule has 1 N–H and O–H groups in total. The zero-order valence-corrected chi connectivity index (χ0v) is 23.7. The van der Waals surface area contributed by atoms with Gasteiger partial charge in [0.1, 0.15) is 12.4 Å². The van der Waals surface area contributed by atoms with E-state index in [1.54, 1.807) is 7.11 Å². The van der Waals surface area contributed by atoms with Crippen LogP contribution in [-0.2, 0) is 19.1 Å². The van der Waals surface area contributed by atoms with Crippen molar-refractivity contribution < 1.29 is 23.8 Å². The van der Waals surface area contributed by atoms with Gasteiger partial charge in [0.05, 0.1) is 19.3 Å².